The van der Waals surface area contributed by atoms with Gasteiger partial charge in [0.2, 0.25) is 0 Å². The Kier molecular flexibility index (Phi) is 6.56. The second kappa shape index (κ2) is 11.4. The average molecular weight is 636 g/mol. The molecule has 0 fully saturated rings. The van der Waals surface area contributed by atoms with Crippen molar-refractivity contribution < 1.29 is 0 Å². The van der Waals surface area contributed by atoms with E-state index in [1.807, 2.05) is 97.1 Å². The van der Waals surface area contributed by atoms with Crippen LogP contribution in [0, 0.1) is 24.5 Å². The van der Waals surface area contributed by atoms with E-state index in [9.17, 15) is 5.26 Å². The van der Waals surface area contributed by atoms with Crippen molar-refractivity contribution in [3.63, 3.8) is 0 Å². The summed E-state index contributed by atoms with van der Waals surface area (Å²) >= 11 is 0. The first-order valence-electron chi connectivity index (χ1n) is 16.2. The van der Waals surface area contributed by atoms with Crippen molar-refractivity contribution in [1.29, 1.82) is 5.26 Å². The molecular weight excluding hydrogens is 611 g/mol. The van der Waals surface area contributed by atoms with Crippen LogP contribution in [0.3, 0.4) is 0 Å². The van der Waals surface area contributed by atoms with Gasteiger partial charge in [0.25, 0.3) is 0 Å². The third-order valence-corrected chi connectivity index (χ3v) is 9.58. The van der Waals surface area contributed by atoms with Crippen LogP contribution in [0.5, 0.6) is 0 Å². The van der Waals surface area contributed by atoms with Gasteiger partial charge in [-0.2, -0.15) is 5.26 Å². The van der Waals surface area contributed by atoms with Crippen molar-refractivity contribution in [1.82, 2.24) is 9.13 Å². The van der Waals surface area contributed by atoms with Gasteiger partial charge in [-0.3, -0.25) is 0 Å². The maximum Gasteiger partial charge on any atom is 0.189 e. The molecule has 0 atom stereocenters. The highest BCUT2D eigenvalue weighted by molar-refractivity contribution is 6.11. The molecular formula is C45H25N5. The first-order valence-corrected chi connectivity index (χ1v) is 16.2. The molecule has 9 aromatic rings. The lowest BCUT2D eigenvalue weighted by Crippen LogP contribution is -1.98. The zero-order valence-electron chi connectivity index (χ0n) is 26.7. The predicted molar refractivity (Wildman–Crippen MR) is 203 cm³/mol. The Hall–Kier alpha value is -7.39. The molecule has 0 bridgehead atoms. The van der Waals surface area contributed by atoms with Gasteiger partial charge in [0, 0.05) is 32.9 Å². The van der Waals surface area contributed by atoms with Crippen molar-refractivity contribution in [2.45, 2.75) is 0 Å². The molecule has 0 aliphatic heterocycles. The molecule has 50 heavy (non-hydrogen) atoms. The molecule has 0 spiro atoms. The van der Waals surface area contributed by atoms with Crippen molar-refractivity contribution in [3.8, 4) is 39.7 Å². The van der Waals surface area contributed by atoms with E-state index in [0.717, 1.165) is 77.2 Å². The lowest BCUT2D eigenvalue weighted by Gasteiger charge is -2.16. The monoisotopic (exact) mass is 635 g/mol. The molecule has 0 unspecified atom stereocenters. The minimum Gasteiger partial charge on any atom is -0.310 e. The Morgan fingerprint density at radius 1 is 0.460 bits per heavy atom. The van der Waals surface area contributed by atoms with Crippen molar-refractivity contribution >= 4 is 55.0 Å². The normalized spacial score (nSPS) is 11.1. The summed E-state index contributed by atoms with van der Waals surface area (Å²) in [5, 5.41) is 14.9. The topological polar surface area (TPSA) is 42.4 Å². The number of benzene rings is 7. The Labute approximate surface area is 288 Å². The van der Waals surface area contributed by atoms with Crippen LogP contribution in [0.4, 0.5) is 11.4 Å². The number of para-hydroxylation sites is 3. The quantitative estimate of drug-likeness (QED) is 0.177. The molecule has 7 aromatic carbocycles. The Bertz CT molecular complexity index is 2970. The standard InChI is InChI=1S/C45H25N5/c1-47-32-20-23-44-40(26-32)38-14-5-7-16-42(38)49(44)34-11-9-10-29(25-34)35-21-18-30(24-31(35)28-46)36-12-3-6-15-41(36)50-43-17-8-4-13-37(43)39-22-19-33(48-2)27-45(39)50/h3-27H. The van der Waals surface area contributed by atoms with E-state index in [4.69, 9.17) is 13.1 Å². The number of rotatable bonds is 4. The number of fused-ring (bicyclic) bond motifs is 6. The number of nitriles is 1. The minimum absolute atomic E-state index is 0.580. The lowest BCUT2D eigenvalue weighted by molar-refractivity contribution is 1.18. The van der Waals surface area contributed by atoms with E-state index in [2.05, 4.69) is 79.5 Å². The van der Waals surface area contributed by atoms with E-state index in [1.54, 1.807) is 0 Å². The highest BCUT2D eigenvalue weighted by atomic mass is 15.0. The van der Waals surface area contributed by atoms with Gasteiger partial charge in [0.05, 0.1) is 47.0 Å². The first-order chi connectivity index (χ1) is 24.7. The third kappa shape index (κ3) is 4.38. The SMILES string of the molecule is [C-]#[N+]c1ccc2c(c1)c1ccccc1n2-c1cccc(-c2ccc(-c3ccccc3-n3c4ccccc4c4ccc([N+]#[C-])cc43)cc2C#N)c1. The summed E-state index contributed by atoms with van der Waals surface area (Å²) in [5.41, 5.74) is 11.6. The Balaban J connectivity index is 1.19. The summed E-state index contributed by atoms with van der Waals surface area (Å²) in [6.45, 7) is 15.2. The number of aromatic nitrogens is 2. The van der Waals surface area contributed by atoms with E-state index >= 15 is 0 Å². The largest absolute Gasteiger partial charge is 0.310 e. The second-order valence-corrected chi connectivity index (χ2v) is 12.3. The van der Waals surface area contributed by atoms with Crippen molar-refractivity contribution in [2.75, 3.05) is 0 Å². The van der Waals surface area contributed by atoms with Gasteiger partial charge in [-0.15, -0.1) is 0 Å². The zero-order chi connectivity index (χ0) is 33.8. The van der Waals surface area contributed by atoms with E-state index in [-0.39, 0.29) is 0 Å². The fourth-order valence-electron chi connectivity index (χ4n) is 7.38. The molecule has 2 heterocycles. The molecule has 2 aromatic heterocycles. The van der Waals surface area contributed by atoms with Crippen LogP contribution in [0.2, 0.25) is 0 Å². The van der Waals surface area contributed by atoms with Crippen LogP contribution < -0.4 is 0 Å². The van der Waals surface area contributed by atoms with Gasteiger partial charge < -0.3 is 9.13 Å². The highest BCUT2D eigenvalue weighted by Crippen LogP contribution is 2.40. The highest BCUT2D eigenvalue weighted by Gasteiger charge is 2.18. The lowest BCUT2D eigenvalue weighted by atomic mass is 9.94. The van der Waals surface area contributed by atoms with Gasteiger partial charge >= 0.3 is 0 Å². The summed E-state index contributed by atoms with van der Waals surface area (Å²) < 4.78 is 4.45. The van der Waals surface area contributed by atoms with Crippen LogP contribution in [0.15, 0.2) is 152 Å². The molecule has 5 nitrogen and oxygen atoms in total. The Morgan fingerprint density at radius 2 is 1.10 bits per heavy atom. The molecule has 0 N–H and O–H groups in total. The van der Waals surface area contributed by atoms with Gasteiger partial charge in [0.1, 0.15) is 0 Å². The zero-order valence-corrected chi connectivity index (χ0v) is 26.7. The molecule has 5 heteroatoms. The number of hydrogen-bond acceptors (Lipinski definition) is 1. The van der Waals surface area contributed by atoms with Crippen LogP contribution in [-0.2, 0) is 0 Å². The smallest absolute Gasteiger partial charge is 0.189 e. The molecule has 0 saturated carbocycles. The van der Waals surface area contributed by atoms with Crippen molar-refractivity contribution in [2.24, 2.45) is 0 Å². The van der Waals surface area contributed by atoms with Gasteiger partial charge in [0.15, 0.2) is 11.4 Å². The predicted octanol–water partition coefficient (Wildman–Crippen LogP) is 12.2. The van der Waals surface area contributed by atoms with E-state index in [0.29, 0.717) is 16.9 Å². The molecule has 0 aliphatic carbocycles. The Morgan fingerprint density at radius 3 is 1.90 bits per heavy atom. The first kappa shape index (κ1) is 28.8. The summed E-state index contributed by atoms with van der Waals surface area (Å²) in [6.07, 6.45) is 0. The summed E-state index contributed by atoms with van der Waals surface area (Å²) in [5.74, 6) is 0. The van der Waals surface area contributed by atoms with Crippen LogP contribution in [0.1, 0.15) is 5.56 Å². The summed E-state index contributed by atoms with van der Waals surface area (Å²) in [7, 11) is 0. The van der Waals surface area contributed by atoms with E-state index < -0.39 is 0 Å². The maximum atomic E-state index is 10.5. The van der Waals surface area contributed by atoms with Gasteiger partial charge in [-0.1, -0.05) is 97.1 Å². The van der Waals surface area contributed by atoms with Crippen LogP contribution in [-0.4, -0.2) is 9.13 Å². The van der Waals surface area contributed by atoms with Gasteiger partial charge in [-0.25, -0.2) is 9.69 Å². The third-order valence-electron chi connectivity index (χ3n) is 9.58. The van der Waals surface area contributed by atoms with Crippen LogP contribution in [0.25, 0.3) is 86.9 Å². The molecule has 0 aliphatic rings. The van der Waals surface area contributed by atoms with E-state index in [1.165, 1.54) is 0 Å². The maximum absolute atomic E-state index is 10.5. The summed E-state index contributed by atoms with van der Waals surface area (Å²) in [4.78, 5) is 7.38. The van der Waals surface area contributed by atoms with Gasteiger partial charge in [-0.05, 0) is 76.7 Å². The minimum atomic E-state index is 0.580. The fraction of sp³-hybridized carbons (Fsp3) is 0. The second-order valence-electron chi connectivity index (χ2n) is 12.3. The molecule has 230 valence electrons. The number of hydrogen-bond donors (Lipinski definition) is 0. The molecule has 9 rings (SSSR count). The summed E-state index contributed by atoms with van der Waals surface area (Å²) in [6, 6.07) is 53.4. The van der Waals surface area contributed by atoms with Crippen molar-refractivity contribution in [3.05, 3.63) is 180 Å². The average Bonchev–Trinajstić information content (AvgIpc) is 3.69. The fourth-order valence-corrected chi connectivity index (χ4v) is 7.38. The molecule has 0 amide bonds. The molecule has 0 radical (unpaired) electrons. The van der Waals surface area contributed by atoms with Crippen LogP contribution >= 0.6 is 0 Å². The number of nitrogens with zero attached hydrogens (tertiary/aromatic N) is 5. The molecule has 0 saturated heterocycles.